The first-order valence-corrected chi connectivity index (χ1v) is 11.6. The molecule has 4 N–H and O–H groups in total. The molecule has 2 aromatic rings. The maximum atomic E-state index is 11.4. The number of halogens is 1. The van der Waals surface area contributed by atoms with Crippen LogP contribution in [0.3, 0.4) is 0 Å². The maximum Gasteiger partial charge on any atom is 0.211 e. The quantitative estimate of drug-likeness (QED) is 0.161. The van der Waals surface area contributed by atoms with Crippen molar-refractivity contribution in [2.45, 2.75) is 26.4 Å². The molecule has 10 heteroatoms. The molecule has 0 radical (unpaired) electrons. The topological polar surface area (TPSA) is 103 Å². The number of hydrogen-bond donors (Lipinski definition) is 4. The molecule has 0 aliphatic carbocycles. The van der Waals surface area contributed by atoms with Crippen LogP contribution in [-0.2, 0) is 10.0 Å². The van der Waals surface area contributed by atoms with Gasteiger partial charge in [-0.05, 0) is 37.8 Å². The lowest BCUT2D eigenvalue weighted by Gasteiger charge is -2.12. The number of aliphatic hydroxyl groups is 1. The number of aliphatic hydroxyl groups excluding tert-OH is 1. The molecule has 0 spiro atoms. The average Bonchev–Trinajstić information content (AvgIpc) is 3.09. The molecule has 0 amide bonds. The van der Waals surface area contributed by atoms with E-state index in [1.165, 1.54) is 0 Å². The third-order valence-corrected chi connectivity index (χ3v) is 6.51. The Hall–Kier alpha value is -0.950. The lowest BCUT2D eigenvalue weighted by atomic mass is 10.2. The van der Waals surface area contributed by atoms with Crippen LogP contribution in [0.5, 0.6) is 0 Å². The standard InChI is InChI=1S/C18H28N4O3S2.HI/c1-3-19-18(20-10-7-11-22-27(24,25)4-2)21-13-15(23)17-12-14-8-5-6-9-16(14)26-17;/h5-6,8-9,12,15,22-23H,3-4,7,10-11,13H2,1-2H3,(H2,19,20,21);1H. The second-order valence-corrected chi connectivity index (χ2v) is 9.21. The zero-order valence-corrected chi connectivity index (χ0v) is 20.1. The van der Waals surface area contributed by atoms with E-state index in [1.54, 1.807) is 18.3 Å². The summed E-state index contributed by atoms with van der Waals surface area (Å²) in [6.07, 6.45) is -0.0167. The molecule has 0 saturated carbocycles. The van der Waals surface area contributed by atoms with E-state index in [1.807, 2.05) is 37.3 Å². The Morgan fingerprint density at radius 3 is 2.64 bits per heavy atom. The van der Waals surface area contributed by atoms with Gasteiger partial charge in [0.15, 0.2) is 5.96 Å². The maximum absolute atomic E-state index is 11.4. The Labute approximate surface area is 188 Å². The van der Waals surface area contributed by atoms with Crippen molar-refractivity contribution < 1.29 is 13.5 Å². The smallest absolute Gasteiger partial charge is 0.211 e. The molecule has 0 aliphatic rings. The molecule has 158 valence electrons. The first kappa shape index (κ1) is 25.1. The fourth-order valence-electron chi connectivity index (χ4n) is 2.40. The fraction of sp³-hybridized carbons (Fsp3) is 0.500. The number of sulfonamides is 1. The molecule has 1 aromatic carbocycles. The molecule has 28 heavy (non-hydrogen) atoms. The van der Waals surface area contributed by atoms with Crippen molar-refractivity contribution >= 4 is 61.4 Å². The summed E-state index contributed by atoms with van der Waals surface area (Å²) in [5, 5.41) is 17.8. The first-order valence-electron chi connectivity index (χ1n) is 9.11. The van der Waals surface area contributed by atoms with E-state index in [-0.39, 0.29) is 36.3 Å². The van der Waals surface area contributed by atoms with E-state index in [9.17, 15) is 13.5 Å². The monoisotopic (exact) mass is 540 g/mol. The third kappa shape index (κ3) is 8.19. The summed E-state index contributed by atoms with van der Waals surface area (Å²) in [5.41, 5.74) is 0. The van der Waals surface area contributed by atoms with Crippen LogP contribution in [0.25, 0.3) is 10.1 Å². The van der Waals surface area contributed by atoms with E-state index in [2.05, 4.69) is 20.3 Å². The molecule has 0 aliphatic heterocycles. The van der Waals surface area contributed by atoms with Gasteiger partial charge in [0.25, 0.3) is 0 Å². The van der Waals surface area contributed by atoms with Crippen molar-refractivity contribution in [2.24, 2.45) is 4.99 Å². The molecule has 1 unspecified atom stereocenters. The minimum absolute atomic E-state index is 0. The third-order valence-electron chi connectivity index (χ3n) is 3.89. The van der Waals surface area contributed by atoms with Gasteiger partial charge in [0.05, 0.1) is 12.3 Å². The number of rotatable bonds is 10. The van der Waals surface area contributed by atoms with Crippen molar-refractivity contribution in [2.75, 3.05) is 31.9 Å². The van der Waals surface area contributed by atoms with Gasteiger partial charge in [0.1, 0.15) is 6.10 Å². The summed E-state index contributed by atoms with van der Waals surface area (Å²) < 4.78 is 26.4. The SMILES string of the molecule is CCNC(=NCC(O)c1cc2ccccc2s1)NCCCNS(=O)(=O)CC.I. The lowest BCUT2D eigenvalue weighted by Crippen LogP contribution is -2.39. The van der Waals surface area contributed by atoms with Gasteiger partial charge in [0.2, 0.25) is 10.0 Å². The zero-order chi connectivity index (χ0) is 19.7. The van der Waals surface area contributed by atoms with Gasteiger partial charge in [-0.25, -0.2) is 13.1 Å². The van der Waals surface area contributed by atoms with Crippen LogP contribution < -0.4 is 15.4 Å². The summed E-state index contributed by atoms with van der Waals surface area (Å²) >= 11 is 1.57. The highest BCUT2D eigenvalue weighted by molar-refractivity contribution is 14.0. The summed E-state index contributed by atoms with van der Waals surface area (Å²) in [5.74, 6) is 0.691. The minimum Gasteiger partial charge on any atom is -0.386 e. The van der Waals surface area contributed by atoms with Crippen molar-refractivity contribution in [3.63, 3.8) is 0 Å². The van der Waals surface area contributed by atoms with Gasteiger partial charge in [0, 0.05) is 29.2 Å². The predicted octanol–water partition coefficient (Wildman–Crippen LogP) is 2.44. The van der Waals surface area contributed by atoms with Crippen molar-refractivity contribution in [3.05, 3.63) is 35.2 Å². The number of hydrogen-bond acceptors (Lipinski definition) is 5. The zero-order valence-electron chi connectivity index (χ0n) is 16.1. The van der Waals surface area contributed by atoms with Crippen molar-refractivity contribution in [1.29, 1.82) is 0 Å². The average molecular weight is 540 g/mol. The van der Waals surface area contributed by atoms with E-state index in [4.69, 9.17) is 0 Å². The van der Waals surface area contributed by atoms with E-state index < -0.39 is 16.1 Å². The number of nitrogens with one attached hydrogen (secondary N) is 3. The minimum atomic E-state index is -3.15. The van der Waals surface area contributed by atoms with Crippen LogP contribution in [0.2, 0.25) is 0 Å². The largest absolute Gasteiger partial charge is 0.386 e. The Kier molecular flexibility index (Phi) is 11.3. The van der Waals surface area contributed by atoms with Crippen molar-refractivity contribution in [1.82, 2.24) is 15.4 Å². The molecular formula is C18H29IN4O3S2. The number of aliphatic imine (C=N–C) groups is 1. The van der Waals surface area contributed by atoms with Gasteiger partial charge in [-0.2, -0.15) is 0 Å². The van der Waals surface area contributed by atoms with Crippen LogP contribution in [-0.4, -0.2) is 51.4 Å². The first-order chi connectivity index (χ1) is 12.9. The lowest BCUT2D eigenvalue weighted by molar-refractivity contribution is 0.191. The molecule has 0 fully saturated rings. The summed E-state index contributed by atoms with van der Waals surface area (Å²) in [7, 11) is -3.15. The van der Waals surface area contributed by atoms with Gasteiger partial charge < -0.3 is 15.7 Å². The summed E-state index contributed by atoms with van der Waals surface area (Å²) in [6.45, 7) is 5.50. The van der Waals surface area contributed by atoms with Gasteiger partial charge in [-0.15, -0.1) is 35.3 Å². The Morgan fingerprint density at radius 1 is 1.21 bits per heavy atom. The second kappa shape index (κ2) is 12.6. The van der Waals surface area contributed by atoms with E-state index >= 15 is 0 Å². The van der Waals surface area contributed by atoms with Gasteiger partial charge >= 0.3 is 0 Å². The number of guanidine groups is 1. The summed E-state index contributed by atoms with van der Waals surface area (Å²) in [6, 6.07) is 10.0. The predicted molar refractivity (Wildman–Crippen MR) is 128 cm³/mol. The number of nitrogens with zero attached hydrogens (tertiary/aromatic N) is 1. The molecule has 0 bridgehead atoms. The van der Waals surface area contributed by atoms with E-state index in [0.29, 0.717) is 32.0 Å². The summed E-state index contributed by atoms with van der Waals surface area (Å²) in [4.78, 5) is 5.33. The number of benzene rings is 1. The highest BCUT2D eigenvalue weighted by Gasteiger charge is 2.11. The fourth-order valence-corrected chi connectivity index (χ4v) is 4.10. The van der Waals surface area contributed by atoms with Crippen LogP contribution in [0.15, 0.2) is 35.3 Å². The normalized spacial score (nSPS) is 13.2. The van der Waals surface area contributed by atoms with Crippen LogP contribution >= 0.6 is 35.3 Å². The van der Waals surface area contributed by atoms with Gasteiger partial charge in [-0.1, -0.05) is 18.2 Å². The Morgan fingerprint density at radius 2 is 1.96 bits per heavy atom. The Balaban J connectivity index is 0.00000392. The molecule has 7 nitrogen and oxygen atoms in total. The molecule has 1 heterocycles. The molecule has 1 atom stereocenters. The Bertz CT molecular complexity index is 822. The number of fused-ring (bicyclic) bond motifs is 1. The van der Waals surface area contributed by atoms with Crippen molar-refractivity contribution in [3.8, 4) is 0 Å². The molecular weight excluding hydrogens is 511 g/mol. The van der Waals surface area contributed by atoms with E-state index in [0.717, 1.165) is 15.0 Å². The number of thiophene rings is 1. The van der Waals surface area contributed by atoms with Crippen LogP contribution in [0.4, 0.5) is 0 Å². The van der Waals surface area contributed by atoms with Gasteiger partial charge in [-0.3, -0.25) is 4.99 Å². The van der Waals surface area contributed by atoms with Crippen LogP contribution in [0, 0.1) is 0 Å². The highest BCUT2D eigenvalue weighted by atomic mass is 127. The second-order valence-electron chi connectivity index (χ2n) is 6.00. The highest BCUT2D eigenvalue weighted by Crippen LogP contribution is 2.29. The molecule has 0 saturated heterocycles. The molecule has 1 aromatic heterocycles. The van der Waals surface area contributed by atoms with Crippen LogP contribution in [0.1, 0.15) is 31.2 Å². The molecule has 2 rings (SSSR count).